The van der Waals surface area contributed by atoms with E-state index in [1.54, 1.807) is 6.92 Å². The molecule has 4 aliphatic rings. The molecule has 0 N–H and O–H groups in total. The third-order valence-electron chi connectivity index (χ3n) is 8.48. The standard InChI is InChI=1S/C21H34O5S.Na/c1-13(22)17-6-7-18-16-5-4-14-12-15(26-27(23,24)25)8-10-20(14,2)19(16)9-11-21(17,18)3;/h14-19H,4-12H2,1-3H3,(H,23,24,25);/q;+1/p-1/t14-,15-,16-,17+,18-,19-,20-,21+;/m0./s1/i8D2,12D2,15D;. The van der Waals surface area contributed by atoms with E-state index in [9.17, 15) is 17.8 Å². The molecule has 28 heavy (non-hydrogen) atoms. The van der Waals surface area contributed by atoms with E-state index in [1.807, 2.05) is 6.92 Å². The summed E-state index contributed by atoms with van der Waals surface area (Å²) >= 11 is 0. The summed E-state index contributed by atoms with van der Waals surface area (Å²) < 4.78 is 81.3. The molecule has 4 rings (SSSR count). The Morgan fingerprint density at radius 3 is 2.43 bits per heavy atom. The smallest absolute Gasteiger partial charge is 0.726 e. The molecule has 0 aromatic carbocycles. The van der Waals surface area contributed by atoms with E-state index in [2.05, 4.69) is 11.1 Å². The molecule has 0 aromatic heterocycles. The summed E-state index contributed by atoms with van der Waals surface area (Å²) in [7, 11) is -5.49. The van der Waals surface area contributed by atoms with Crippen molar-refractivity contribution < 1.29 is 58.4 Å². The van der Waals surface area contributed by atoms with Crippen molar-refractivity contribution in [3.8, 4) is 0 Å². The number of hydrogen-bond acceptors (Lipinski definition) is 5. The summed E-state index contributed by atoms with van der Waals surface area (Å²) in [6, 6.07) is 0. The summed E-state index contributed by atoms with van der Waals surface area (Å²) in [4.78, 5) is 12.3. The minimum atomic E-state index is -5.49. The predicted octanol–water partition coefficient (Wildman–Crippen LogP) is 1.08. The van der Waals surface area contributed by atoms with Gasteiger partial charge in [0.15, 0.2) is 0 Å². The molecule has 7 heteroatoms. The van der Waals surface area contributed by atoms with Crippen LogP contribution in [-0.4, -0.2) is 24.8 Å². The number of rotatable bonds is 3. The van der Waals surface area contributed by atoms with E-state index in [0.717, 1.165) is 25.7 Å². The topological polar surface area (TPSA) is 83.5 Å². The average Bonchev–Trinajstić information content (AvgIpc) is 2.96. The molecule has 0 saturated heterocycles. The molecule has 8 atom stereocenters. The van der Waals surface area contributed by atoms with Crippen LogP contribution in [0.2, 0.25) is 0 Å². The monoisotopic (exact) mass is 425 g/mol. The quantitative estimate of drug-likeness (QED) is 0.384. The van der Waals surface area contributed by atoms with Crippen LogP contribution >= 0.6 is 0 Å². The third-order valence-corrected chi connectivity index (χ3v) is 8.85. The molecule has 0 spiro atoms. The van der Waals surface area contributed by atoms with Crippen molar-refractivity contribution in [1.29, 1.82) is 0 Å². The van der Waals surface area contributed by atoms with E-state index >= 15 is 0 Å². The predicted molar refractivity (Wildman–Crippen MR) is 100 cm³/mol. The first kappa shape index (κ1) is 17.1. The summed E-state index contributed by atoms with van der Waals surface area (Å²) in [6.07, 6.45) is -4.36. The Kier molecular flexibility index (Phi) is 4.84. The van der Waals surface area contributed by atoms with Crippen molar-refractivity contribution in [2.24, 2.45) is 40.4 Å². The van der Waals surface area contributed by atoms with E-state index in [1.165, 1.54) is 0 Å². The SMILES string of the molecule is [2H]C1([2H])C[C@]2(C)[C@H]3CC[C@]4(C)[C@@H](C(C)=O)CC[C@H]4[C@@H]3CC[C@H]2C([2H])([2H])[C@@]1([2H])OS(=O)(=O)[O-].[Na+]. The zero-order valence-electron chi connectivity index (χ0n) is 22.3. The number of carbonyl (C=O) groups is 1. The molecule has 4 fully saturated rings. The number of ketones is 1. The van der Waals surface area contributed by atoms with E-state index in [4.69, 9.17) is 6.85 Å². The van der Waals surface area contributed by atoms with Crippen LogP contribution in [0.4, 0.5) is 0 Å². The second-order valence-electron chi connectivity index (χ2n) is 9.62. The molecule has 4 aliphatic carbocycles. The van der Waals surface area contributed by atoms with Gasteiger partial charge >= 0.3 is 29.6 Å². The van der Waals surface area contributed by atoms with Crippen LogP contribution in [0.1, 0.15) is 85.3 Å². The Balaban J connectivity index is 0.00000306. The third kappa shape index (κ3) is 3.80. The zero-order chi connectivity index (χ0) is 24.1. The van der Waals surface area contributed by atoms with Gasteiger partial charge in [-0.2, -0.15) is 0 Å². The molecule has 0 aliphatic heterocycles. The molecule has 0 heterocycles. The van der Waals surface area contributed by atoms with Gasteiger partial charge in [-0.3, -0.25) is 8.98 Å². The summed E-state index contributed by atoms with van der Waals surface area (Å²) in [5, 5.41) is 0. The molecule has 154 valence electrons. The fourth-order valence-electron chi connectivity index (χ4n) is 7.25. The molecule has 5 nitrogen and oxygen atoms in total. The average molecular weight is 426 g/mol. The number of hydrogen-bond donors (Lipinski definition) is 0. The van der Waals surface area contributed by atoms with Gasteiger partial charge in [-0.1, -0.05) is 13.8 Å². The molecule has 0 bridgehead atoms. The van der Waals surface area contributed by atoms with Crippen molar-refractivity contribution in [3.05, 3.63) is 0 Å². The van der Waals surface area contributed by atoms with Gasteiger partial charge in [-0.05, 0) is 99.1 Å². The van der Waals surface area contributed by atoms with Crippen molar-refractivity contribution in [1.82, 2.24) is 0 Å². The van der Waals surface area contributed by atoms with Crippen molar-refractivity contribution in [2.75, 3.05) is 0 Å². The van der Waals surface area contributed by atoms with Gasteiger partial charge < -0.3 is 4.55 Å². The van der Waals surface area contributed by atoms with Gasteiger partial charge in [0.1, 0.15) is 5.78 Å². The van der Waals surface area contributed by atoms with E-state index in [-0.39, 0.29) is 64.9 Å². The summed E-state index contributed by atoms with van der Waals surface area (Å²) in [5.41, 5.74) is -0.909. The van der Waals surface area contributed by atoms with Gasteiger partial charge in [0.2, 0.25) is 10.4 Å². The number of Topliss-reactive ketones (excluding diaryl/α,β-unsaturated/α-hetero) is 1. The second kappa shape index (κ2) is 7.90. The maximum atomic E-state index is 12.3. The Labute approximate surface area is 199 Å². The van der Waals surface area contributed by atoms with Crippen molar-refractivity contribution >= 4 is 16.2 Å². The molecular weight excluding hydrogens is 387 g/mol. The van der Waals surface area contributed by atoms with Crippen LogP contribution in [0.25, 0.3) is 0 Å². The van der Waals surface area contributed by atoms with Gasteiger partial charge in [0, 0.05) is 11.4 Å². The van der Waals surface area contributed by atoms with Crippen LogP contribution in [0, 0.1) is 40.4 Å². The van der Waals surface area contributed by atoms with Gasteiger partial charge in [-0.25, -0.2) is 8.42 Å². The Hall–Kier alpha value is 0.540. The van der Waals surface area contributed by atoms with Crippen molar-refractivity contribution in [3.63, 3.8) is 0 Å². The number of fused-ring (bicyclic) bond motifs is 5. The summed E-state index contributed by atoms with van der Waals surface area (Å²) in [6.45, 7) is 5.72. The van der Waals surface area contributed by atoms with Crippen LogP contribution < -0.4 is 29.6 Å². The first-order valence-electron chi connectivity index (χ1n) is 12.6. The molecule has 0 aromatic rings. The fraction of sp³-hybridized carbons (Fsp3) is 0.952. The summed E-state index contributed by atoms with van der Waals surface area (Å²) in [5.74, 6) is -0.0235. The van der Waals surface area contributed by atoms with Crippen LogP contribution in [0.3, 0.4) is 0 Å². The normalized spacial score (nSPS) is 56.9. The molecule has 0 amide bonds. The van der Waals surface area contributed by atoms with Gasteiger partial charge in [0.05, 0.1) is 7.45 Å². The molecule has 0 unspecified atom stereocenters. The zero-order valence-corrected chi connectivity index (χ0v) is 20.1. The van der Waals surface area contributed by atoms with Crippen LogP contribution in [0.5, 0.6) is 0 Å². The first-order chi connectivity index (χ1) is 14.4. The van der Waals surface area contributed by atoms with Gasteiger partial charge in [-0.15, -0.1) is 0 Å². The molecular formula is C21H33NaO5S. The van der Waals surface area contributed by atoms with E-state index in [0.29, 0.717) is 18.8 Å². The first-order valence-corrected chi connectivity index (χ1v) is 11.4. The maximum Gasteiger partial charge on any atom is 1.00 e. The minimum Gasteiger partial charge on any atom is -0.726 e. The second-order valence-corrected chi connectivity index (χ2v) is 10.6. The van der Waals surface area contributed by atoms with Gasteiger partial charge in [0.25, 0.3) is 0 Å². The molecule has 0 radical (unpaired) electrons. The van der Waals surface area contributed by atoms with E-state index < -0.39 is 40.6 Å². The largest absolute Gasteiger partial charge is 1.00 e. The minimum absolute atomic E-state index is 0. The van der Waals surface area contributed by atoms with Crippen LogP contribution in [-0.2, 0) is 19.4 Å². The Morgan fingerprint density at radius 2 is 1.79 bits per heavy atom. The fourth-order valence-corrected chi connectivity index (χ4v) is 7.56. The Morgan fingerprint density at radius 1 is 1.11 bits per heavy atom. The molecule has 4 saturated carbocycles. The maximum absolute atomic E-state index is 12.3. The Bertz CT molecular complexity index is 932. The van der Waals surface area contributed by atoms with Crippen molar-refractivity contribution in [2.45, 2.75) is 84.5 Å². The van der Waals surface area contributed by atoms with Crippen LogP contribution in [0.15, 0.2) is 0 Å². The number of carbonyl (C=O) groups excluding carboxylic acids is 1.